The molecule has 0 aromatic heterocycles. The van der Waals surface area contributed by atoms with Crippen LogP contribution in [0.15, 0.2) is 59.7 Å². The highest BCUT2D eigenvalue weighted by molar-refractivity contribution is 6.02. The number of aryl methyl sites for hydroxylation is 1. The maximum atomic E-state index is 12.0. The molecule has 0 aliphatic rings. The zero-order valence-electron chi connectivity index (χ0n) is 14.8. The van der Waals surface area contributed by atoms with Gasteiger partial charge >= 0.3 is 0 Å². The molecular formula is C21H20N2O4. The van der Waals surface area contributed by atoms with Gasteiger partial charge in [-0.2, -0.15) is 5.10 Å². The number of methoxy groups -OCH3 is 1. The average Bonchev–Trinajstić information content (AvgIpc) is 2.69. The third kappa shape index (κ3) is 4.36. The number of nitrogens with zero attached hydrogens (tertiary/aromatic N) is 1. The number of carbonyl (C=O) groups is 1. The van der Waals surface area contributed by atoms with Gasteiger partial charge in [0.25, 0.3) is 0 Å². The topological polar surface area (TPSA) is 91.2 Å². The molecule has 6 heteroatoms. The van der Waals surface area contributed by atoms with Crippen LogP contribution in [0, 0.1) is 0 Å². The summed E-state index contributed by atoms with van der Waals surface area (Å²) in [6.07, 6.45) is 2.25. The molecule has 0 radical (unpaired) electrons. The Labute approximate surface area is 156 Å². The molecule has 0 heterocycles. The van der Waals surface area contributed by atoms with E-state index in [1.807, 2.05) is 36.4 Å². The molecule has 0 unspecified atom stereocenters. The number of nitrogens with one attached hydrogen (secondary N) is 1. The first kappa shape index (κ1) is 18.3. The monoisotopic (exact) mass is 364 g/mol. The van der Waals surface area contributed by atoms with Gasteiger partial charge in [-0.3, -0.25) is 4.79 Å². The van der Waals surface area contributed by atoms with Gasteiger partial charge in [-0.1, -0.05) is 30.3 Å². The fraction of sp³-hybridized carbons (Fsp3) is 0.143. The lowest BCUT2D eigenvalue weighted by Gasteiger charge is -2.07. The van der Waals surface area contributed by atoms with Gasteiger partial charge in [0, 0.05) is 17.4 Å². The quantitative estimate of drug-likeness (QED) is 0.355. The Hall–Kier alpha value is -3.54. The van der Waals surface area contributed by atoms with E-state index in [9.17, 15) is 15.0 Å². The highest BCUT2D eigenvalue weighted by Gasteiger charge is 2.06. The van der Waals surface area contributed by atoms with Gasteiger partial charge in [-0.15, -0.1) is 0 Å². The van der Waals surface area contributed by atoms with E-state index in [1.165, 1.54) is 12.1 Å². The zero-order valence-corrected chi connectivity index (χ0v) is 14.8. The number of phenolic OH excluding ortho intramolecular Hbond substituents is 2. The molecule has 3 aromatic rings. The van der Waals surface area contributed by atoms with Crippen LogP contribution in [0.2, 0.25) is 0 Å². The first-order valence-electron chi connectivity index (χ1n) is 8.47. The summed E-state index contributed by atoms with van der Waals surface area (Å²) >= 11 is 0. The molecule has 1 amide bonds. The summed E-state index contributed by atoms with van der Waals surface area (Å²) in [4.78, 5) is 12.0. The number of rotatable bonds is 6. The number of hydrogen-bond acceptors (Lipinski definition) is 5. The molecule has 6 nitrogen and oxygen atoms in total. The van der Waals surface area contributed by atoms with Crippen molar-refractivity contribution >= 4 is 22.9 Å². The molecule has 0 spiro atoms. The van der Waals surface area contributed by atoms with Crippen molar-refractivity contribution in [3.63, 3.8) is 0 Å². The van der Waals surface area contributed by atoms with Gasteiger partial charge in [-0.05, 0) is 41.6 Å². The van der Waals surface area contributed by atoms with E-state index >= 15 is 0 Å². The van der Waals surface area contributed by atoms with Crippen LogP contribution in [0.25, 0.3) is 10.8 Å². The van der Waals surface area contributed by atoms with Crippen LogP contribution in [0.5, 0.6) is 17.2 Å². The lowest BCUT2D eigenvalue weighted by atomic mass is 10.0. The van der Waals surface area contributed by atoms with Crippen LogP contribution >= 0.6 is 0 Å². The molecule has 3 N–H and O–H groups in total. The van der Waals surface area contributed by atoms with Crippen LogP contribution in [0.3, 0.4) is 0 Å². The van der Waals surface area contributed by atoms with Crippen molar-refractivity contribution in [1.29, 1.82) is 0 Å². The van der Waals surface area contributed by atoms with Gasteiger partial charge in [0.05, 0.1) is 13.3 Å². The Morgan fingerprint density at radius 1 is 1.07 bits per heavy atom. The normalized spacial score (nSPS) is 11.0. The molecule has 0 saturated heterocycles. The summed E-state index contributed by atoms with van der Waals surface area (Å²) in [7, 11) is 1.63. The minimum Gasteiger partial charge on any atom is -0.504 e. The molecule has 138 valence electrons. The molecule has 3 rings (SSSR count). The smallest absolute Gasteiger partial charge is 0.240 e. The maximum absolute atomic E-state index is 12.0. The van der Waals surface area contributed by atoms with Crippen LogP contribution < -0.4 is 10.2 Å². The van der Waals surface area contributed by atoms with E-state index in [-0.39, 0.29) is 23.8 Å². The second-order valence-electron chi connectivity index (χ2n) is 6.02. The predicted octanol–water partition coefficient (Wildman–Crippen LogP) is 3.34. The van der Waals surface area contributed by atoms with Crippen molar-refractivity contribution in [3.05, 3.63) is 65.7 Å². The Balaban J connectivity index is 1.62. The van der Waals surface area contributed by atoms with E-state index in [2.05, 4.69) is 10.5 Å². The third-order valence-electron chi connectivity index (χ3n) is 4.21. The number of phenols is 2. The first-order valence-corrected chi connectivity index (χ1v) is 8.47. The SMILES string of the molecule is COc1ccc(/C=N/NC(=O)CCc2ccc(O)c(O)c2)c2ccccc12. The number of ether oxygens (including phenoxy) is 1. The number of benzene rings is 3. The summed E-state index contributed by atoms with van der Waals surface area (Å²) < 4.78 is 5.37. The van der Waals surface area contributed by atoms with Crippen LogP contribution in [0.4, 0.5) is 0 Å². The first-order chi connectivity index (χ1) is 13.1. The van der Waals surface area contributed by atoms with Crippen molar-refractivity contribution in [3.8, 4) is 17.2 Å². The summed E-state index contributed by atoms with van der Waals surface area (Å²) in [5, 5.41) is 24.8. The number of fused-ring (bicyclic) bond motifs is 1. The molecule has 0 fully saturated rings. The van der Waals surface area contributed by atoms with Gasteiger partial charge < -0.3 is 14.9 Å². The van der Waals surface area contributed by atoms with Crippen LogP contribution in [-0.4, -0.2) is 29.4 Å². The molecule has 0 atom stereocenters. The highest BCUT2D eigenvalue weighted by Crippen LogP contribution is 2.27. The van der Waals surface area contributed by atoms with Crippen molar-refractivity contribution in [1.82, 2.24) is 5.43 Å². The van der Waals surface area contributed by atoms with Crippen molar-refractivity contribution < 1.29 is 19.7 Å². The fourth-order valence-electron chi connectivity index (χ4n) is 2.80. The van der Waals surface area contributed by atoms with Gasteiger partial charge in [-0.25, -0.2) is 5.43 Å². The lowest BCUT2D eigenvalue weighted by Crippen LogP contribution is -2.17. The van der Waals surface area contributed by atoms with Crippen molar-refractivity contribution in [2.24, 2.45) is 5.10 Å². The van der Waals surface area contributed by atoms with Crippen molar-refractivity contribution in [2.75, 3.05) is 7.11 Å². The Kier molecular flexibility index (Phi) is 5.56. The van der Waals surface area contributed by atoms with E-state index in [0.717, 1.165) is 27.6 Å². The number of hydrogen-bond donors (Lipinski definition) is 3. The number of amides is 1. The molecule has 0 aliphatic heterocycles. The largest absolute Gasteiger partial charge is 0.504 e. The van der Waals surface area contributed by atoms with E-state index in [0.29, 0.717) is 6.42 Å². The predicted molar refractivity (Wildman–Crippen MR) is 104 cm³/mol. The van der Waals surface area contributed by atoms with Crippen LogP contribution in [0.1, 0.15) is 17.5 Å². The summed E-state index contributed by atoms with van der Waals surface area (Å²) in [6.45, 7) is 0. The van der Waals surface area contributed by atoms with Crippen molar-refractivity contribution in [2.45, 2.75) is 12.8 Å². The minimum absolute atomic E-state index is 0.181. The molecule has 0 aliphatic carbocycles. The van der Waals surface area contributed by atoms with E-state index in [1.54, 1.807) is 19.4 Å². The Morgan fingerprint density at radius 2 is 1.85 bits per heavy atom. The fourth-order valence-corrected chi connectivity index (χ4v) is 2.80. The molecular weight excluding hydrogens is 344 g/mol. The van der Waals surface area contributed by atoms with E-state index < -0.39 is 0 Å². The summed E-state index contributed by atoms with van der Waals surface area (Å²) in [5.41, 5.74) is 4.13. The molecule has 0 saturated carbocycles. The lowest BCUT2D eigenvalue weighted by molar-refractivity contribution is -0.121. The number of aromatic hydroxyl groups is 2. The van der Waals surface area contributed by atoms with Gasteiger partial charge in [0.2, 0.25) is 5.91 Å². The second-order valence-corrected chi connectivity index (χ2v) is 6.02. The average molecular weight is 364 g/mol. The highest BCUT2D eigenvalue weighted by atomic mass is 16.5. The van der Waals surface area contributed by atoms with Gasteiger partial charge in [0.1, 0.15) is 5.75 Å². The zero-order chi connectivity index (χ0) is 19.2. The third-order valence-corrected chi connectivity index (χ3v) is 4.21. The van der Waals surface area contributed by atoms with E-state index in [4.69, 9.17) is 4.74 Å². The maximum Gasteiger partial charge on any atom is 0.240 e. The summed E-state index contributed by atoms with van der Waals surface area (Å²) in [5.74, 6) is 0.164. The second kappa shape index (κ2) is 8.23. The standard InChI is InChI=1S/C21H20N2O4/c1-27-20-10-8-15(16-4-2-3-5-17(16)20)13-22-23-21(26)11-7-14-6-9-18(24)19(25)12-14/h2-6,8-10,12-13,24-25H,7,11H2,1H3,(H,23,26)/b22-13+. The number of carbonyl (C=O) groups excluding carboxylic acids is 1. The molecule has 3 aromatic carbocycles. The number of hydrazone groups is 1. The van der Waals surface area contributed by atoms with Gasteiger partial charge in [0.15, 0.2) is 11.5 Å². The summed E-state index contributed by atoms with van der Waals surface area (Å²) in [6, 6.07) is 16.1. The molecule has 0 bridgehead atoms. The van der Waals surface area contributed by atoms with Crippen LogP contribution in [-0.2, 0) is 11.2 Å². The molecule has 27 heavy (non-hydrogen) atoms. The Bertz CT molecular complexity index is 999. The Morgan fingerprint density at radius 3 is 2.59 bits per heavy atom. The minimum atomic E-state index is -0.239.